The summed E-state index contributed by atoms with van der Waals surface area (Å²) in [6.45, 7) is 3.85. The van der Waals surface area contributed by atoms with Gasteiger partial charge in [0.15, 0.2) is 6.61 Å². The van der Waals surface area contributed by atoms with Gasteiger partial charge in [-0.25, -0.2) is 8.42 Å². The molecule has 0 unspecified atom stereocenters. The zero-order valence-corrected chi connectivity index (χ0v) is 17.8. The van der Waals surface area contributed by atoms with Crippen molar-refractivity contribution in [1.29, 1.82) is 0 Å². The van der Waals surface area contributed by atoms with Crippen molar-refractivity contribution in [2.45, 2.75) is 31.9 Å². The first-order valence-electron chi connectivity index (χ1n) is 9.29. The number of fused-ring (bicyclic) bond motifs is 1. The Labute approximate surface area is 171 Å². The van der Waals surface area contributed by atoms with Crippen LogP contribution in [-0.4, -0.2) is 39.8 Å². The number of carbonyl (C=O) groups is 1. The lowest BCUT2D eigenvalue weighted by atomic mass is 9.90. The first-order valence-corrected chi connectivity index (χ1v) is 11.1. The van der Waals surface area contributed by atoms with E-state index in [-0.39, 0.29) is 24.2 Å². The summed E-state index contributed by atoms with van der Waals surface area (Å²) in [6.07, 6.45) is 1.79. The van der Waals surface area contributed by atoms with E-state index in [0.717, 1.165) is 17.6 Å². The fourth-order valence-corrected chi connectivity index (χ4v) is 3.76. The number of nitrogens with zero attached hydrogens (tertiary/aromatic N) is 1. The SMILES string of the molecule is CN(c1ccc(OCC(=O)N[C@@H]2CC(C)(C)Oc3ccccc32)cc1)S(C)(=O)=O. The minimum absolute atomic E-state index is 0.138. The number of sulfonamides is 1. The molecule has 0 fully saturated rings. The van der Waals surface area contributed by atoms with Crippen molar-refractivity contribution >= 4 is 21.6 Å². The highest BCUT2D eigenvalue weighted by Crippen LogP contribution is 2.39. The Morgan fingerprint density at radius 3 is 2.52 bits per heavy atom. The monoisotopic (exact) mass is 418 g/mol. The highest BCUT2D eigenvalue weighted by Gasteiger charge is 2.34. The van der Waals surface area contributed by atoms with Crippen LogP contribution in [-0.2, 0) is 14.8 Å². The van der Waals surface area contributed by atoms with Gasteiger partial charge in [-0.05, 0) is 44.2 Å². The Morgan fingerprint density at radius 2 is 1.86 bits per heavy atom. The summed E-state index contributed by atoms with van der Waals surface area (Å²) in [5.74, 6) is 1.03. The zero-order chi connectivity index (χ0) is 21.2. The largest absolute Gasteiger partial charge is 0.487 e. The topological polar surface area (TPSA) is 84.9 Å². The number of anilines is 1. The number of hydrogen-bond acceptors (Lipinski definition) is 5. The second-order valence-corrected chi connectivity index (χ2v) is 9.75. The third-order valence-electron chi connectivity index (χ3n) is 4.78. The molecule has 156 valence electrons. The van der Waals surface area contributed by atoms with Crippen molar-refractivity contribution in [3.8, 4) is 11.5 Å². The van der Waals surface area contributed by atoms with E-state index in [1.807, 2.05) is 38.1 Å². The Bertz CT molecular complexity index is 986. The second-order valence-electron chi connectivity index (χ2n) is 7.74. The molecule has 0 saturated heterocycles. The minimum atomic E-state index is -3.33. The zero-order valence-electron chi connectivity index (χ0n) is 17.0. The molecule has 1 aliphatic heterocycles. The lowest BCUT2D eigenvalue weighted by molar-refractivity contribution is -0.124. The molecule has 1 N–H and O–H groups in total. The molecular weight excluding hydrogens is 392 g/mol. The van der Waals surface area contributed by atoms with Gasteiger partial charge in [0.1, 0.15) is 17.1 Å². The number of hydrogen-bond donors (Lipinski definition) is 1. The molecule has 1 atom stereocenters. The summed E-state index contributed by atoms with van der Waals surface area (Å²) in [5.41, 5.74) is 1.09. The summed E-state index contributed by atoms with van der Waals surface area (Å²) in [4.78, 5) is 12.4. The highest BCUT2D eigenvalue weighted by atomic mass is 32.2. The fraction of sp³-hybridized carbons (Fsp3) is 0.381. The Balaban J connectivity index is 1.61. The number of amides is 1. The molecule has 0 bridgehead atoms. The molecule has 7 nitrogen and oxygen atoms in total. The molecule has 1 heterocycles. The molecule has 0 aromatic heterocycles. The third-order valence-corrected chi connectivity index (χ3v) is 5.99. The van der Waals surface area contributed by atoms with Crippen LogP contribution in [0.15, 0.2) is 48.5 Å². The molecule has 2 aromatic carbocycles. The van der Waals surface area contributed by atoms with Crippen LogP contribution in [0, 0.1) is 0 Å². The van der Waals surface area contributed by atoms with Crippen molar-refractivity contribution in [2.24, 2.45) is 0 Å². The number of carbonyl (C=O) groups excluding carboxylic acids is 1. The summed E-state index contributed by atoms with van der Waals surface area (Å²) in [6, 6.07) is 14.1. The predicted octanol–water partition coefficient (Wildman–Crippen LogP) is 2.88. The second kappa shape index (κ2) is 7.94. The van der Waals surface area contributed by atoms with Crippen molar-refractivity contribution in [3.63, 3.8) is 0 Å². The van der Waals surface area contributed by atoms with Gasteiger partial charge in [-0.3, -0.25) is 9.10 Å². The van der Waals surface area contributed by atoms with E-state index in [1.54, 1.807) is 24.3 Å². The number of benzene rings is 2. The molecule has 1 amide bonds. The minimum Gasteiger partial charge on any atom is -0.487 e. The van der Waals surface area contributed by atoms with Crippen molar-refractivity contribution in [1.82, 2.24) is 5.32 Å². The predicted molar refractivity (Wildman–Crippen MR) is 112 cm³/mol. The van der Waals surface area contributed by atoms with Crippen LogP contribution in [0.25, 0.3) is 0 Å². The van der Waals surface area contributed by atoms with Crippen LogP contribution < -0.4 is 19.1 Å². The average molecular weight is 419 g/mol. The lowest BCUT2D eigenvalue weighted by Gasteiger charge is -2.37. The molecule has 0 saturated carbocycles. The van der Waals surface area contributed by atoms with E-state index in [1.165, 1.54) is 11.4 Å². The van der Waals surface area contributed by atoms with Gasteiger partial charge in [-0.1, -0.05) is 18.2 Å². The Morgan fingerprint density at radius 1 is 1.21 bits per heavy atom. The molecule has 0 spiro atoms. The number of nitrogens with one attached hydrogen (secondary N) is 1. The van der Waals surface area contributed by atoms with Crippen molar-refractivity contribution in [2.75, 3.05) is 24.2 Å². The van der Waals surface area contributed by atoms with Crippen LogP contribution in [0.1, 0.15) is 31.9 Å². The molecular formula is C21H26N2O5S. The summed E-state index contributed by atoms with van der Waals surface area (Å²) >= 11 is 0. The van der Waals surface area contributed by atoms with Crippen LogP contribution >= 0.6 is 0 Å². The maximum atomic E-state index is 12.4. The first kappa shape index (κ1) is 21.0. The molecule has 8 heteroatoms. The third kappa shape index (κ3) is 5.20. The van der Waals surface area contributed by atoms with Gasteiger partial charge in [0.05, 0.1) is 18.0 Å². The van der Waals surface area contributed by atoms with Crippen molar-refractivity contribution in [3.05, 3.63) is 54.1 Å². The van der Waals surface area contributed by atoms with Gasteiger partial charge in [-0.2, -0.15) is 0 Å². The fourth-order valence-electron chi connectivity index (χ4n) is 3.26. The number of rotatable bonds is 6. The molecule has 0 aliphatic carbocycles. The maximum absolute atomic E-state index is 12.4. The van der Waals surface area contributed by atoms with Gasteiger partial charge in [0.2, 0.25) is 10.0 Å². The van der Waals surface area contributed by atoms with Gasteiger partial charge < -0.3 is 14.8 Å². The van der Waals surface area contributed by atoms with Crippen LogP contribution in [0.4, 0.5) is 5.69 Å². The van der Waals surface area contributed by atoms with E-state index >= 15 is 0 Å². The van der Waals surface area contributed by atoms with Gasteiger partial charge in [0, 0.05) is 19.0 Å². The van der Waals surface area contributed by atoms with E-state index in [9.17, 15) is 13.2 Å². The van der Waals surface area contributed by atoms with Crippen LogP contribution in [0.2, 0.25) is 0 Å². The Kier molecular flexibility index (Phi) is 5.75. The van der Waals surface area contributed by atoms with Crippen LogP contribution in [0.3, 0.4) is 0 Å². The average Bonchev–Trinajstić information content (AvgIpc) is 2.64. The van der Waals surface area contributed by atoms with Crippen LogP contribution in [0.5, 0.6) is 11.5 Å². The highest BCUT2D eigenvalue weighted by molar-refractivity contribution is 7.92. The van der Waals surface area contributed by atoms with Gasteiger partial charge in [0.25, 0.3) is 5.91 Å². The van der Waals surface area contributed by atoms with Gasteiger partial charge >= 0.3 is 0 Å². The van der Waals surface area contributed by atoms with E-state index < -0.39 is 10.0 Å². The number of ether oxygens (including phenoxy) is 2. The normalized spacial score (nSPS) is 17.6. The summed E-state index contributed by atoms with van der Waals surface area (Å²) in [7, 11) is -1.85. The molecule has 2 aromatic rings. The van der Waals surface area contributed by atoms with E-state index in [0.29, 0.717) is 17.9 Å². The smallest absolute Gasteiger partial charge is 0.258 e. The standard InChI is InChI=1S/C21H26N2O5S/c1-21(2)13-18(17-7-5-6-8-19(17)28-21)22-20(24)14-27-16-11-9-15(10-12-16)23(3)29(4,25)26/h5-12,18H,13-14H2,1-4H3,(H,22,24)/t18-/m1/s1. The maximum Gasteiger partial charge on any atom is 0.258 e. The number of para-hydroxylation sites is 1. The quantitative estimate of drug-likeness (QED) is 0.780. The lowest BCUT2D eigenvalue weighted by Crippen LogP contribution is -2.42. The van der Waals surface area contributed by atoms with E-state index in [2.05, 4.69) is 5.32 Å². The molecule has 3 rings (SSSR count). The molecule has 1 aliphatic rings. The Hall–Kier alpha value is -2.74. The molecule has 29 heavy (non-hydrogen) atoms. The molecule has 0 radical (unpaired) electrons. The first-order chi connectivity index (χ1) is 13.5. The summed E-state index contributed by atoms with van der Waals surface area (Å²) in [5, 5.41) is 3.02. The van der Waals surface area contributed by atoms with E-state index in [4.69, 9.17) is 9.47 Å². The van der Waals surface area contributed by atoms with Gasteiger partial charge in [-0.15, -0.1) is 0 Å². The summed E-state index contributed by atoms with van der Waals surface area (Å²) < 4.78 is 35.9. The van der Waals surface area contributed by atoms with Crippen molar-refractivity contribution < 1.29 is 22.7 Å².